The van der Waals surface area contributed by atoms with Crippen LogP contribution in [0.2, 0.25) is 5.02 Å². The van der Waals surface area contributed by atoms with E-state index in [1.807, 2.05) is 12.1 Å². The molecule has 2 aromatic rings. The topological polar surface area (TPSA) is 101 Å². The third-order valence-electron chi connectivity index (χ3n) is 5.91. The quantitative estimate of drug-likeness (QED) is 0.359. The van der Waals surface area contributed by atoms with Crippen LogP contribution < -0.4 is 4.74 Å². The van der Waals surface area contributed by atoms with Crippen molar-refractivity contribution >= 4 is 17.6 Å². The Bertz CT molecular complexity index is 975. The predicted octanol–water partition coefficient (Wildman–Crippen LogP) is 4.73. The number of halogens is 1. The third-order valence-corrected chi connectivity index (χ3v) is 6.16. The Balaban J connectivity index is 1.60. The van der Waals surface area contributed by atoms with Crippen LogP contribution in [0.1, 0.15) is 60.6 Å². The number of carbonyl (C=O) groups is 1. The molecule has 0 N–H and O–H groups in total. The molecular weight excluding hydrogens is 424 g/mol. The van der Waals surface area contributed by atoms with Gasteiger partial charge in [-0.1, -0.05) is 43.0 Å². The largest absolute Gasteiger partial charge is 0.423 e. The molecule has 0 saturated heterocycles. The Hall–Kier alpha value is -2.71. The van der Waals surface area contributed by atoms with Crippen molar-refractivity contribution in [2.45, 2.75) is 57.8 Å². The summed E-state index contributed by atoms with van der Waals surface area (Å²) >= 11 is 5.98. The summed E-state index contributed by atoms with van der Waals surface area (Å²) in [6.07, 6.45) is 4.36. The minimum absolute atomic E-state index is 0.235. The number of rotatable bonds is 6. The number of aryl methyl sites for hydroxylation is 1. The van der Waals surface area contributed by atoms with E-state index < -0.39 is 17.2 Å². The molecule has 9 heteroatoms. The Morgan fingerprint density at radius 1 is 1.26 bits per heavy atom. The molecule has 1 unspecified atom stereocenters. The SMILES string of the molecule is Cc1ncc2c(c1OC(=O)C(O[N+](=O)[O-])C1CCCCC1)CO[C@H]2c1ccc(Cl)cc1. The first-order chi connectivity index (χ1) is 14.9. The first-order valence-electron chi connectivity index (χ1n) is 10.3. The van der Waals surface area contributed by atoms with Crippen molar-refractivity contribution in [3.05, 3.63) is 68.0 Å². The molecule has 0 spiro atoms. The van der Waals surface area contributed by atoms with Gasteiger partial charge >= 0.3 is 5.97 Å². The fourth-order valence-corrected chi connectivity index (χ4v) is 4.47. The summed E-state index contributed by atoms with van der Waals surface area (Å²) in [6, 6.07) is 7.31. The standard InChI is InChI=1S/C22H23ClN2O6/c1-13-19(30-22(26)21(31-25(27)28)14-5-3-2-4-6-14)18-12-29-20(17(18)11-24-13)15-7-9-16(23)10-8-15/h7-11,14,20-21H,2-6,12H2,1H3/t20-,21?/m0/s1. The molecule has 4 rings (SSSR count). The van der Waals surface area contributed by atoms with Crippen LogP contribution in [0.15, 0.2) is 30.5 Å². The van der Waals surface area contributed by atoms with Gasteiger partial charge in [0.25, 0.3) is 5.09 Å². The van der Waals surface area contributed by atoms with Gasteiger partial charge in [-0.2, -0.15) is 0 Å². The lowest BCUT2D eigenvalue weighted by molar-refractivity contribution is -0.766. The molecule has 2 aliphatic rings. The van der Waals surface area contributed by atoms with Gasteiger partial charge in [-0.05, 0) is 43.4 Å². The van der Waals surface area contributed by atoms with Crippen molar-refractivity contribution in [1.29, 1.82) is 0 Å². The molecule has 0 bridgehead atoms. The van der Waals surface area contributed by atoms with Gasteiger partial charge in [-0.3, -0.25) is 9.82 Å². The molecule has 1 aromatic heterocycles. The predicted molar refractivity (Wildman–Crippen MR) is 111 cm³/mol. The maximum Gasteiger partial charge on any atom is 0.341 e. The summed E-state index contributed by atoms with van der Waals surface area (Å²) < 4.78 is 11.6. The van der Waals surface area contributed by atoms with Gasteiger partial charge < -0.3 is 9.47 Å². The highest BCUT2D eigenvalue weighted by molar-refractivity contribution is 6.30. The van der Waals surface area contributed by atoms with Gasteiger partial charge in [0, 0.05) is 22.3 Å². The number of fused-ring (bicyclic) bond motifs is 1. The summed E-state index contributed by atoms with van der Waals surface area (Å²) in [5.41, 5.74) is 2.92. The lowest BCUT2D eigenvalue weighted by Crippen LogP contribution is -2.38. The van der Waals surface area contributed by atoms with E-state index in [-0.39, 0.29) is 24.4 Å². The van der Waals surface area contributed by atoms with Gasteiger partial charge in [0.05, 0.1) is 12.3 Å². The van der Waals surface area contributed by atoms with Gasteiger partial charge in [0.1, 0.15) is 6.10 Å². The van der Waals surface area contributed by atoms with Crippen LogP contribution in [-0.4, -0.2) is 22.1 Å². The maximum absolute atomic E-state index is 13.0. The molecular formula is C22H23ClN2O6. The van der Waals surface area contributed by atoms with Crippen molar-refractivity contribution in [2.24, 2.45) is 5.92 Å². The monoisotopic (exact) mass is 446 g/mol. The van der Waals surface area contributed by atoms with E-state index in [2.05, 4.69) is 4.98 Å². The lowest BCUT2D eigenvalue weighted by Gasteiger charge is -2.27. The Labute approximate surface area is 184 Å². The number of nitrogens with zero attached hydrogens (tertiary/aromatic N) is 2. The number of benzene rings is 1. The number of ether oxygens (including phenoxy) is 2. The first kappa shape index (κ1) is 21.5. The smallest absolute Gasteiger partial charge is 0.341 e. The van der Waals surface area contributed by atoms with Crippen LogP contribution in [0, 0.1) is 23.0 Å². The van der Waals surface area contributed by atoms with E-state index in [0.29, 0.717) is 29.1 Å². The number of carbonyl (C=O) groups excluding carboxylic acids is 1. The summed E-state index contributed by atoms with van der Waals surface area (Å²) in [4.78, 5) is 33.1. The Morgan fingerprint density at radius 2 is 1.97 bits per heavy atom. The zero-order valence-electron chi connectivity index (χ0n) is 17.1. The summed E-state index contributed by atoms with van der Waals surface area (Å²) in [6.45, 7) is 1.96. The number of hydrogen-bond acceptors (Lipinski definition) is 7. The normalized spacial score (nSPS) is 19.5. The molecule has 1 aliphatic carbocycles. The van der Waals surface area contributed by atoms with Crippen LogP contribution in [0.5, 0.6) is 5.75 Å². The van der Waals surface area contributed by atoms with Crippen molar-refractivity contribution in [1.82, 2.24) is 4.98 Å². The highest BCUT2D eigenvalue weighted by Crippen LogP contribution is 2.41. The molecule has 8 nitrogen and oxygen atoms in total. The fraction of sp³-hybridized carbons (Fsp3) is 0.455. The van der Waals surface area contributed by atoms with Crippen LogP contribution in [0.4, 0.5) is 0 Å². The average molecular weight is 447 g/mol. The van der Waals surface area contributed by atoms with Gasteiger partial charge in [-0.25, -0.2) is 4.79 Å². The van der Waals surface area contributed by atoms with Crippen LogP contribution >= 0.6 is 11.6 Å². The van der Waals surface area contributed by atoms with E-state index in [1.54, 1.807) is 25.3 Å². The Morgan fingerprint density at radius 3 is 2.65 bits per heavy atom. The summed E-state index contributed by atoms with van der Waals surface area (Å²) in [5.74, 6) is -0.724. The van der Waals surface area contributed by atoms with Gasteiger partial charge in [0.2, 0.25) is 6.10 Å². The molecule has 1 aliphatic heterocycles. The molecule has 1 aromatic carbocycles. The molecule has 164 valence electrons. The molecule has 2 heterocycles. The van der Waals surface area contributed by atoms with Crippen molar-refractivity contribution in [3.63, 3.8) is 0 Å². The number of pyridine rings is 1. The second-order valence-corrected chi connectivity index (χ2v) is 8.35. The first-order valence-corrected chi connectivity index (χ1v) is 10.7. The highest BCUT2D eigenvalue weighted by Gasteiger charge is 2.36. The second-order valence-electron chi connectivity index (χ2n) is 7.92. The second kappa shape index (κ2) is 9.20. The van der Waals surface area contributed by atoms with Crippen molar-refractivity contribution in [3.8, 4) is 5.75 Å². The van der Waals surface area contributed by atoms with Crippen molar-refractivity contribution < 1.29 is 24.2 Å². The van der Waals surface area contributed by atoms with E-state index in [0.717, 1.165) is 30.4 Å². The number of aromatic nitrogens is 1. The highest BCUT2D eigenvalue weighted by atomic mass is 35.5. The van der Waals surface area contributed by atoms with Crippen LogP contribution in [0.25, 0.3) is 0 Å². The number of esters is 1. The third kappa shape index (κ3) is 4.65. The van der Waals surface area contributed by atoms with Gasteiger partial charge in [-0.15, -0.1) is 10.1 Å². The average Bonchev–Trinajstić information content (AvgIpc) is 3.19. The van der Waals surface area contributed by atoms with Gasteiger partial charge in [0.15, 0.2) is 5.75 Å². The van der Waals surface area contributed by atoms with Crippen LogP contribution in [0.3, 0.4) is 0 Å². The summed E-state index contributed by atoms with van der Waals surface area (Å²) in [7, 11) is 0. The van der Waals surface area contributed by atoms with E-state index in [9.17, 15) is 14.9 Å². The van der Waals surface area contributed by atoms with Crippen LogP contribution in [-0.2, 0) is 21.0 Å². The van der Waals surface area contributed by atoms with Crippen molar-refractivity contribution in [2.75, 3.05) is 0 Å². The van der Waals surface area contributed by atoms with E-state index >= 15 is 0 Å². The minimum Gasteiger partial charge on any atom is -0.423 e. The molecule has 1 saturated carbocycles. The van der Waals surface area contributed by atoms with E-state index in [1.165, 1.54) is 0 Å². The molecule has 31 heavy (non-hydrogen) atoms. The molecule has 1 fully saturated rings. The molecule has 0 radical (unpaired) electrons. The molecule has 0 amide bonds. The minimum atomic E-state index is -1.25. The molecule has 2 atom stereocenters. The summed E-state index contributed by atoms with van der Waals surface area (Å²) in [5, 5.41) is 10.7. The zero-order chi connectivity index (χ0) is 22.0. The Kier molecular flexibility index (Phi) is 6.38. The number of hydrogen-bond donors (Lipinski definition) is 0. The maximum atomic E-state index is 13.0. The lowest BCUT2D eigenvalue weighted by atomic mass is 9.85. The van der Waals surface area contributed by atoms with E-state index in [4.69, 9.17) is 25.9 Å². The fourth-order valence-electron chi connectivity index (χ4n) is 4.34. The zero-order valence-corrected chi connectivity index (χ0v) is 17.8.